The molecule has 0 aromatic carbocycles. The fraction of sp³-hybridized carbons (Fsp3) is 0.333. The zero-order chi connectivity index (χ0) is 11.4. The average Bonchev–Trinajstić information content (AvgIpc) is 2.20. The molecule has 1 aromatic heterocycles. The zero-order valence-corrected chi connectivity index (χ0v) is 7.84. The summed E-state index contributed by atoms with van der Waals surface area (Å²) in [5.74, 6) is -1.50. The molecular weight excluding hydrogens is 202 g/mol. The minimum atomic E-state index is -1.13. The van der Waals surface area contributed by atoms with Crippen molar-refractivity contribution in [1.29, 1.82) is 0 Å². The average molecular weight is 213 g/mol. The molecule has 0 aliphatic rings. The number of carboxylic acid groups (broad SMARTS) is 1. The number of aromatic nitrogens is 1. The van der Waals surface area contributed by atoms with Gasteiger partial charge in [-0.2, -0.15) is 0 Å². The first-order valence-corrected chi connectivity index (χ1v) is 4.22. The predicted molar refractivity (Wildman–Crippen MR) is 49.1 cm³/mol. The number of aromatic hydroxyl groups is 1. The molecule has 82 valence electrons. The third kappa shape index (κ3) is 2.42. The van der Waals surface area contributed by atoms with Crippen molar-refractivity contribution >= 4 is 5.97 Å². The number of aliphatic carboxylic acids is 1. The van der Waals surface area contributed by atoms with Gasteiger partial charge in [-0.25, -0.2) is 0 Å². The van der Waals surface area contributed by atoms with Gasteiger partial charge in [-0.1, -0.05) is 0 Å². The van der Waals surface area contributed by atoms with Gasteiger partial charge < -0.3 is 20.4 Å². The summed E-state index contributed by atoms with van der Waals surface area (Å²) in [7, 11) is 0. The SMILES string of the molecule is O=C(O)Cc1ncc(CO)c(CO)c1O. The van der Waals surface area contributed by atoms with Gasteiger partial charge in [0.05, 0.1) is 25.3 Å². The topological polar surface area (TPSA) is 111 Å². The van der Waals surface area contributed by atoms with Crippen molar-refractivity contribution in [2.24, 2.45) is 0 Å². The monoisotopic (exact) mass is 213 g/mol. The van der Waals surface area contributed by atoms with E-state index in [1.165, 1.54) is 6.20 Å². The van der Waals surface area contributed by atoms with Crippen LogP contribution in [0, 0.1) is 0 Å². The number of carboxylic acids is 1. The predicted octanol–water partition coefficient (Wildman–Crippen LogP) is -0.601. The number of aliphatic hydroxyl groups is 2. The van der Waals surface area contributed by atoms with E-state index in [1.807, 2.05) is 0 Å². The van der Waals surface area contributed by atoms with Crippen LogP contribution in [0.4, 0.5) is 0 Å². The lowest BCUT2D eigenvalue weighted by atomic mass is 10.1. The molecule has 0 unspecified atom stereocenters. The lowest BCUT2D eigenvalue weighted by Gasteiger charge is -2.09. The van der Waals surface area contributed by atoms with Crippen LogP contribution in [-0.4, -0.2) is 31.4 Å². The number of pyridine rings is 1. The Morgan fingerprint density at radius 2 is 2.00 bits per heavy atom. The first-order valence-electron chi connectivity index (χ1n) is 4.22. The van der Waals surface area contributed by atoms with E-state index in [-0.39, 0.29) is 29.2 Å². The summed E-state index contributed by atoms with van der Waals surface area (Å²) in [4.78, 5) is 14.1. The van der Waals surface area contributed by atoms with E-state index in [1.54, 1.807) is 0 Å². The Morgan fingerprint density at radius 3 is 2.47 bits per heavy atom. The number of aliphatic hydroxyl groups excluding tert-OH is 2. The Hall–Kier alpha value is -1.66. The molecule has 6 heteroatoms. The minimum Gasteiger partial charge on any atom is -0.506 e. The summed E-state index contributed by atoms with van der Waals surface area (Å²) < 4.78 is 0. The van der Waals surface area contributed by atoms with Gasteiger partial charge in [0.25, 0.3) is 0 Å². The van der Waals surface area contributed by atoms with Crippen molar-refractivity contribution in [2.75, 3.05) is 0 Å². The smallest absolute Gasteiger partial charge is 0.309 e. The molecule has 6 nitrogen and oxygen atoms in total. The van der Waals surface area contributed by atoms with Crippen LogP contribution in [0.2, 0.25) is 0 Å². The highest BCUT2D eigenvalue weighted by molar-refractivity contribution is 5.70. The third-order valence-corrected chi connectivity index (χ3v) is 1.97. The highest BCUT2D eigenvalue weighted by Gasteiger charge is 2.14. The third-order valence-electron chi connectivity index (χ3n) is 1.97. The van der Waals surface area contributed by atoms with Crippen molar-refractivity contribution in [1.82, 2.24) is 4.98 Å². The lowest BCUT2D eigenvalue weighted by molar-refractivity contribution is -0.136. The summed E-state index contributed by atoms with van der Waals surface area (Å²) in [6.07, 6.45) is 0.814. The number of hydrogen-bond donors (Lipinski definition) is 4. The molecule has 0 amide bonds. The summed E-state index contributed by atoms with van der Waals surface area (Å²) >= 11 is 0. The quantitative estimate of drug-likeness (QED) is 0.531. The number of nitrogens with zero attached hydrogens (tertiary/aromatic N) is 1. The van der Waals surface area contributed by atoms with Crippen LogP contribution in [0.25, 0.3) is 0 Å². The van der Waals surface area contributed by atoms with Gasteiger partial charge in [0, 0.05) is 17.3 Å². The number of carbonyl (C=O) groups is 1. The number of hydrogen-bond acceptors (Lipinski definition) is 5. The summed E-state index contributed by atoms with van der Waals surface area (Å²) in [6, 6.07) is 0. The van der Waals surface area contributed by atoms with E-state index in [2.05, 4.69) is 4.98 Å². The van der Waals surface area contributed by atoms with Gasteiger partial charge in [-0.05, 0) is 0 Å². The first-order chi connectivity index (χ1) is 7.10. The van der Waals surface area contributed by atoms with Gasteiger partial charge in [0.15, 0.2) is 0 Å². The number of rotatable bonds is 4. The second-order valence-electron chi connectivity index (χ2n) is 2.94. The molecule has 0 aliphatic carbocycles. The highest BCUT2D eigenvalue weighted by atomic mass is 16.4. The van der Waals surface area contributed by atoms with Gasteiger partial charge >= 0.3 is 5.97 Å². The van der Waals surface area contributed by atoms with Crippen LogP contribution in [0.15, 0.2) is 6.20 Å². The van der Waals surface area contributed by atoms with E-state index in [0.717, 1.165) is 0 Å². The molecule has 0 aliphatic heterocycles. The van der Waals surface area contributed by atoms with Gasteiger partial charge in [-0.3, -0.25) is 9.78 Å². The Kier molecular flexibility index (Phi) is 3.59. The van der Waals surface area contributed by atoms with Crippen LogP contribution < -0.4 is 0 Å². The second kappa shape index (κ2) is 4.72. The van der Waals surface area contributed by atoms with Gasteiger partial charge in [-0.15, -0.1) is 0 Å². The minimum absolute atomic E-state index is 0.0243. The fourth-order valence-electron chi connectivity index (χ4n) is 1.21. The van der Waals surface area contributed by atoms with Crippen LogP contribution >= 0.6 is 0 Å². The van der Waals surface area contributed by atoms with Gasteiger partial charge in [0.1, 0.15) is 5.75 Å². The highest BCUT2D eigenvalue weighted by Crippen LogP contribution is 2.24. The molecule has 0 saturated heterocycles. The largest absolute Gasteiger partial charge is 0.506 e. The molecule has 0 spiro atoms. The second-order valence-corrected chi connectivity index (χ2v) is 2.94. The summed E-state index contributed by atoms with van der Waals surface area (Å²) in [5, 5.41) is 35.9. The Labute approximate surface area is 85.4 Å². The maximum absolute atomic E-state index is 10.4. The molecule has 0 saturated carbocycles. The van der Waals surface area contributed by atoms with Crippen LogP contribution in [-0.2, 0) is 24.4 Å². The Balaban J connectivity index is 3.16. The van der Waals surface area contributed by atoms with Crippen molar-refractivity contribution < 1.29 is 25.2 Å². The van der Waals surface area contributed by atoms with E-state index < -0.39 is 19.0 Å². The molecule has 4 N–H and O–H groups in total. The molecule has 0 fully saturated rings. The Morgan fingerprint density at radius 1 is 1.33 bits per heavy atom. The fourth-order valence-corrected chi connectivity index (χ4v) is 1.21. The van der Waals surface area contributed by atoms with Crippen LogP contribution in [0.1, 0.15) is 16.8 Å². The van der Waals surface area contributed by atoms with Gasteiger partial charge in [0.2, 0.25) is 0 Å². The normalized spacial score (nSPS) is 10.3. The Bertz CT molecular complexity index is 377. The van der Waals surface area contributed by atoms with E-state index in [9.17, 15) is 9.90 Å². The standard InChI is InChI=1S/C9H11NO5/c11-3-5-2-10-7(1-8(13)14)9(15)6(5)4-12/h2,11-12,15H,1,3-4H2,(H,13,14). The molecule has 0 radical (unpaired) electrons. The lowest BCUT2D eigenvalue weighted by Crippen LogP contribution is -2.06. The molecule has 1 aromatic rings. The van der Waals surface area contributed by atoms with E-state index in [4.69, 9.17) is 15.3 Å². The maximum atomic E-state index is 10.4. The van der Waals surface area contributed by atoms with Crippen molar-refractivity contribution in [2.45, 2.75) is 19.6 Å². The van der Waals surface area contributed by atoms with Crippen LogP contribution in [0.3, 0.4) is 0 Å². The molecule has 0 bridgehead atoms. The molecular formula is C9H11NO5. The van der Waals surface area contributed by atoms with Crippen molar-refractivity contribution in [3.05, 3.63) is 23.0 Å². The zero-order valence-electron chi connectivity index (χ0n) is 7.84. The molecule has 1 rings (SSSR count). The van der Waals surface area contributed by atoms with E-state index >= 15 is 0 Å². The first kappa shape index (κ1) is 11.4. The molecule has 0 atom stereocenters. The van der Waals surface area contributed by atoms with Crippen LogP contribution in [0.5, 0.6) is 5.75 Å². The summed E-state index contributed by atoms with van der Waals surface area (Å²) in [5.41, 5.74) is 0.372. The molecule has 1 heterocycles. The van der Waals surface area contributed by atoms with E-state index in [0.29, 0.717) is 0 Å². The van der Waals surface area contributed by atoms with Crippen molar-refractivity contribution in [3.8, 4) is 5.75 Å². The molecule has 15 heavy (non-hydrogen) atoms. The maximum Gasteiger partial charge on any atom is 0.309 e. The summed E-state index contributed by atoms with van der Waals surface area (Å²) in [6.45, 7) is -0.847. The van der Waals surface area contributed by atoms with Crippen molar-refractivity contribution in [3.63, 3.8) is 0 Å².